The number of hydroxylamine groups is 1. The Morgan fingerprint density at radius 2 is 1.03 bits per heavy atom. The zero-order valence-electron chi connectivity index (χ0n) is 17.6. The summed E-state index contributed by atoms with van der Waals surface area (Å²) < 4.78 is 0. The summed E-state index contributed by atoms with van der Waals surface area (Å²) in [5.74, 6) is -2.99. The van der Waals surface area contributed by atoms with Crippen LogP contribution < -0.4 is 10.8 Å². The van der Waals surface area contributed by atoms with Gasteiger partial charge in [-0.2, -0.15) is 0 Å². The summed E-state index contributed by atoms with van der Waals surface area (Å²) >= 11 is 0. The quantitative estimate of drug-likeness (QED) is 0.283. The molecule has 0 aliphatic rings. The van der Waals surface area contributed by atoms with Crippen molar-refractivity contribution >= 4 is 29.4 Å². The van der Waals surface area contributed by atoms with Crippen molar-refractivity contribution in [1.82, 2.24) is 5.48 Å². The molecule has 3 aromatic rings. The lowest BCUT2D eigenvalue weighted by atomic mass is 10.1. The molecule has 0 radical (unpaired) electrons. The highest BCUT2D eigenvalue weighted by Crippen LogP contribution is 2.12. The highest BCUT2D eigenvalue weighted by Gasteiger charge is 2.09. The molecule has 9 heteroatoms. The summed E-state index contributed by atoms with van der Waals surface area (Å²) in [5, 5.41) is 28.2. The van der Waals surface area contributed by atoms with E-state index in [0.717, 1.165) is 12.1 Å². The molecule has 2 amide bonds. The smallest absolute Gasteiger partial charge is 0.335 e. The summed E-state index contributed by atoms with van der Waals surface area (Å²) in [6, 6.07) is 18.7. The highest BCUT2D eigenvalue weighted by atomic mass is 16.5. The van der Waals surface area contributed by atoms with E-state index in [1.165, 1.54) is 54.1 Å². The van der Waals surface area contributed by atoms with Crippen LogP contribution in [0.3, 0.4) is 0 Å². The molecule has 170 valence electrons. The number of aromatic carboxylic acids is 2. The van der Waals surface area contributed by atoms with Crippen LogP contribution in [-0.4, -0.2) is 39.2 Å². The molecular formula is C24H22N2O7. The minimum Gasteiger partial charge on any atom is -0.478 e. The summed E-state index contributed by atoms with van der Waals surface area (Å²) in [5.41, 5.74) is 4.34. The van der Waals surface area contributed by atoms with E-state index in [0.29, 0.717) is 5.56 Å². The van der Waals surface area contributed by atoms with Crippen molar-refractivity contribution in [2.45, 2.75) is 13.3 Å². The maximum atomic E-state index is 12.1. The summed E-state index contributed by atoms with van der Waals surface area (Å²) in [6.07, 6.45) is 0.947. The molecule has 3 rings (SSSR count). The van der Waals surface area contributed by atoms with Gasteiger partial charge in [0.25, 0.3) is 11.8 Å². The van der Waals surface area contributed by atoms with E-state index in [1.54, 1.807) is 5.48 Å². The first-order valence-electron chi connectivity index (χ1n) is 9.76. The number of hydrogen-bond donors (Lipinski definition) is 5. The average molecular weight is 450 g/mol. The Morgan fingerprint density at radius 3 is 1.39 bits per heavy atom. The second kappa shape index (κ2) is 11.8. The van der Waals surface area contributed by atoms with Crippen LogP contribution >= 0.6 is 0 Å². The van der Waals surface area contributed by atoms with E-state index in [9.17, 15) is 19.2 Å². The number of rotatable bonds is 6. The number of anilines is 1. The van der Waals surface area contributed by atoms with E-state index in [4.69, 9.17) is 15.4 Å². The number of benzene rings is 3. The van der Waals surface area contributed by atoms with Crippen molar-refractivity contribution in [3.8, 4) is 0 Å². The largest absolute Gasteiger partial charge is 0.478 e. The monoisotopic (exact) mass is 450 g/mol. The van der Waals surface area contributed by atoms with E-state index in [1.807, 2.05) is 24.3 Å². The van der Waals surface area contributed by atoms with Crippen LogP contribution in [0.1, 0.15) is 53.9 Å². The first kappa shape index (κ1) is 24.8. The molecule has 33 heavy (non-hydrogen) atoms. The Morgan fingerprint density at radius 1 is 0.636 bits per heavy atom. The zero-order valence-corrected chi connectivity index (χ0v) is 17.6. The SMILES string of the molecule is CCc1ccc(NC(=O)c2ccc(C(=O)NO)cc2)cc1.O=C(O)c1ccc(C(=O)O)cc1. The number of nitrogens with one attached hydrogen (secondary N) is 2. The van der Waals surface area contributed by atoms with E-state index >= 15 is 0 Å². The molecule has 0 saturated carbocycles. The van der Waals surface area contributed by atoms with Gasteiger partial charge in [-0.05, 0) is 72.6 Å². The van der Waals surface area contributed by atoms with Gasteiger partial charge in [-0.25, -0.2) is 15.1 Å². The Balaban J connectivity index is 0.000000273. The van der Waals surface area contributed by atoms with Crippen LogP contribution in [0.5, 0.6) is 0 Å². The first-order valence-corrected chi connectivity index (χ1v) is 9.76. The first-order chi connectivity index (χ1) is 15.7. The van der Waals surface area contributed by atoms with E-state index in [2.05, 4.69) is 12.2 Å². The fourth-order valence-electron chi connectivity index (χ4n) is 2.62. The molecular weight excluding hydrogens is 428 g/mol. The van der Waals surface area contributed by atoms with Gasteiger partial charge in [0.2, 0.25) is 0 Å². The molecule has 3 aromatic carbocycles. The van der Waals surface area contributed by atoms with Crippen molar-refractivity contribution in [2.24, 2.45) is 0 Å². The minimum atomic E-state index is -1.06. The van der Waals surface area contributed by atoms with E-state index in [-0.39, 0.29) is 22.6 Å². The minimum absolute atomic E-state index is 0.0833. The molecule has 0 bridgehead atoms. The van der Waals surface area contributed by atoms with Crippen LogP contribution in [0.4, 0.5) is 5.69 Å². The van der Waals surface area contributed by atoms with Gasteiger partial charge in [-0.3, -0.25) is 14.8 Å². The summed E-state index contributed by atoms with van der Waals surface area (Å²) in [6.45, 7) is 2.07. The molecule has 0 unspecified atom stereocenters. The van der Waals surface area contributed by atoms with Gasteiger partial charge in [0, 0.05) is 16.8 Å². The Bertz CT molecular complexity index is 1090. The number of hydrogen-bond acceptors (Lipinski definition) is 5. The molecule has 0 atom stereocenters. The van der Waals surface area contributed by atoms with Gasteiger partial charge in [0.05, 0.1) is 11.1 Å². The average Bonchev–Trinajstić information content (AvgIpc) is 2.84. The topological polar surface area (TPSA) is 153 Å². The van der Waals surface area contributed by atoms with Gasteiger partial charge in [-0.15, -0.1) is 0 Å². The third-order valence-electron chi connectivity index (χ3n) is 4.51. The lowest BCUT2D eigenvalue weighted by Crippen LogP contribution is -2.19. The van der Waals surface area contributed by atoms with Crippen molar-refractivity contribution in [3.63, 3.8) is 0 Å². The fourth-order valence-corrected chi connectivity index (χ4v) is 2.62. The number of carbonyl (C=O) groups excluding carboxylic acids is 2. The van der Waals surface area contributed by atoms with Crippen molar-refractivity contribution < 1.29 is 34.6 Å². The van der Waals surface area contributed by atoms with Crippen LogP contribution in [0.15, 0.2) is 72.8 Å². The Kier molecular flexibility index (Phi) is 8.84. The second-order valence-corrected chi connectivity index (χ2v) is 6.71. The molecule has 0 aromatic heterocycles. The van der Waals surface area contributed by atoms with Crippen LogP contribution in [-0.2, 0) is 6.42 Å². The number of carbonyl (C=O) groups is 4. The van der Waals surface area contributed by atoms with Crippen molar-refractivity contribution in [3.05, 3.63) is 101 Å². The molecule has 0 fully saturated rings. The number of carboxylic acids is 2. The Hall–Kier alpha value is -4.50. The molecule has 0 aliphatic heterocycles. The maximum Gasteiger partial charge on any atom is 0.335 e. The molecule has 0 aliphatic carbocycles. The number of carboxylic acid groups (broad SMARTS) is 2. The molecule has 5 N–H and O–H groups in total. The maximum absolute atomic E-state index is 12.1. The fraction of sp³-hybridized carbons (Fsp3) is 0.0833. The van der Waals surface area contributed by atoms with Crippen LogP contribution in [0, 0.1) is 0 Å². The van der Waals surface area contributed by atoms with Gasteiger partial charge in [0.15, 0.2) is 0 Å². The molecule has 9 nitrogen and oxygen atoms in total. The lowest BCUT2D eigenvalue weighted by molar-refractivity contribution is 0.0681. The third-order valence-corrected chi connectivity index (χ3v) is 4.51. The second-order valence-electron chi connectivity index (χ2n) is 6.71. The number of amides is 2. The lowest BCUT2D eigenvalue weighted by Gasteiger charge is -2.06. The summed E-state index contributed by atoms with van der Waals surface area (Å²) in [4.78, 5) is 43.9. The standard InChI is InChI=1S/C16H16N2O3.C8H6O4/c1-2-11-3-9-14(10-4-11)17-15(19)12-5-7-13(8-6-12)16(20)18-21;9-7(10)5-1-2-6(4-3-5)8(11)12/h3-10,21H,2H2,1H3,(H,17,19)(H,18,20);1-4H,(H,9,10)(H,11,12). The van der Waals surface area contributed by atoms with Gasteiger partial charge in [-0.1, -0.05) is 19.1 Å². The van der Waals surface area contributed by atoms with Crippen molar-refractivity contribution in [1.29, 1.82) is 0 Å². The highest BCUT2D eigenvalue weighted by molar-refractivity contribution is 6.05. The van der Waals surface area contributed by atoms with Crippen molar-refractivity contribution in [2.75, 3.05) is 5.32 Å². The van der Waals surface area contributed by atoms with E-state index < -0.39 is 17.8 Å². The van der Waals surface area contributed by atoms with Crippen LogP contribution in [0.25, 0.3) is 0 Å². The third kappa shape index (κ3) is 7.30. The van der Waals surface area contributed by atoms with Gasteiger partial charge in [0.1, 0.15) is 0 Å². The Labute approximate surface area is 189 Å². The molecule has 0 spiro atoms. The summed E-state index contributed by atoms with van der Waals surface area (Å²) in [7, 11) is 0. The van der Waals surface area contributed by atoms with Gasteiger partial charge < -0.3 is 15.5 Å². The molecule has 0 heterocycles. The zero-order chi connectivity index (χ0) is 24.4. The van der Waals surface area contributed by atoms with Crippen LogP contribution in [0.2, 0.25) is 0 Å². The normalized spacial score (nSPS) is 9.76. The van der Waals surface area contributed by atoms with Gasteiger partial charge >= 0.3 is 11.9 Å². The predicted octanol–water partition coefficient (Wildman–Crippen LogP) is 3.70. The number of aryl methyl sites for hydroxylation is 1. The predicted molar refractivity (Wildman–Crippen MR) is 120 cm³/mol. The molecule has 0 saturated heterocycles.